The van der Waals surface area contributed by atoms with E-state index in [-0.39, 0.29) is 17.0 Å². The third-order valence-electron chi connectivity index (χ3n) is 3.35. The third-order valence-corrected chi connectivity index (χ3v) is 3.35. The molecule has 1 fully saturated rings. The molecule has 0 bridgehead atoms. The highest BCUT2D eigenvalue weighted by molar-refractivity contribution is 5.76. The van der Waals surface area contributed by atoms with Crippen molar-refractivity contribution in [2.45, 2.75) is 24.5 Å². The van der Waals surface area contributed by atoms with E-state index in [1.165, 1.54) is 10.9 Å². The van der Waals surface area contributed by atoms with Gasteiger partial charge in [-0.3, -0.25) is 14.2 Å². The zero-order valence-corrected chi connectivity index (χ0v) is 10.6. The zero-order valence-electron chi connectivity index (χ0n) is 10.6. The average molecular weight is 296 g/mol. The van der Waals surface area contributed by atoms with Gasteiger partial charge in [-0.2, -0.15) is 0 Å². The molecule has 10 heteroatoms. The Labute approximate surface area is 116 Å². The molecule has 10 nitrogen and oxygen atoms in total. The maximum Gasteiger partial charge on any atom is 0.279 e. The molecule has 21 heavy (non-hydrogen) atoms. The molecule has 1 aliphatic rings. The normalized spacial score (nSPS) is 29.1. The molecule has 1 saturated heterocycles. The topological polar surface area (TPSA) is 151 Å². The van der Waals surface area contributed by atoms with E-state index in [1.54, 1.807) is 0 Å². The van der Waals surface area contributed by atoms with Crippen LogP contribution in [0.3, 0.4) is 0 Å². The molecule has 3 heterocycles. The zero-order chi connectivity index (χ0) is 15.1. The molecule has 112 valence electrons. The van der Waals surface area contributed by atoms with Crippen LogP contribution in [0, 0.1) is 0 Å². The predicted octanol–water partition coefficient (Wildman–Crippen LogP) is -2.46. The average Bonchev–Trinajstić information content (AvgIpc) is 3.02. The number of fused-ring (bicyclic) bond motifs is 1. The lowest BCUT2D eigenvalue weighted by Crippen LogP contribution is -2.33. The number of hydrogen-bond donors (Lipinski definition) is 4. The fraction of sp³-hybridized carbons (Fsp3) is 0.455. The molecule has 0 radical (unpaired) electrons. The number of carbonyl (C=O) groups is 1. The lowest BCUT2D eigenvalue weighted by Gasteiger charge is -2.16. The van der Waals surface area contributed by atoms with Crippen molar-refractivity contribution in [3.05, 3.63) is 22.5 Å². The Morgan fingerprint density at radius 1 is 1.43 bits per heavy atom. The van der Waals surface area contributed by atoms with Crippen LogP contribution in [0.2, 0.25) is 0 Å². The Kier molecular flexibility index (Phi) is 3.29. The summed E-state index contributed by atoms with van der Waals surface area (Å²) in [5.74, 6) is -0.194. The number of ether oxygens (including phenoxy) is 1. The smallest absolute Gasteiger partial charge is 0.279 e. The number of rotatable bonds is 3. The van der Waals surface area contributed by atoms with E-state index in [9.17, 15) is 19.8 Å². The fourth-order valence-electron chi connectivity index (χ4n) is 2.29. The van der Waals surface area contributed by atoms with E-state index in [0.29, 0.717) is 6.29 Å². The number of aromatic nitrogens is 4. The quantitative estimate of drug-likeness (QED) is 0.455. The van der Waals surface area contributed by atoms with Gasteiger partial charge in [0.1, 0.15) is 18.3 Å². The second-order valence-corrected chi connectivity index (χ2v) is 4.62. The molecule has 2 aromatic heterocycles. The van der Waals surface area contributed by atoms with E-state index in [2.05, 4.69) is 15.0 Å². The van der Waals surface area contributed by atoms with Gasteiger partial charge >= 0.3 is 0 Å². The maximum absolute atomic E-state index is 11.7. The summed E-state index contributed by atoms with van der Waals surface area (Å²) in [6.07, 6.45) is -3.08. The third kappa shape index (κ3) is 2.05. The van der Waals surface area contributed by atoms with Gasteiger partial charge in [-0.1, -0.05) is 0 Å². The standard InChI is InChI=1S/C11H12N4O6/c16-1-4-7(18)8(19)11(21-4)15-3-12-6-9(15)13-5(2-17)14-10(6)20/h2-4,7-8,11,16,18-19H,1H2,(H,13,14,20)/t4-,7-,8+,11+/m0/s1. The van der Waals surface area contributed by atoms with Crippen LogP contribution in [-0.2, 0) is 4.74 Å². The number of aromatic amines is 1. The van der Waals surface area contributed by atoms with Crippen molar-refractivity contribution in [2.75, 3.05) is 6.61 Å². The van der Waals surface area contributed by atoms with Crippen LogP contribution in [-0.4, -0.2) is 66.0 Å². The summed E-state index contributed by atoms with van der Waals surface area (Å²) in [5, 5.41) is 28.8. The lowest BCUT2D eigenvalue weighted by molar-refractivity contribution is -0.0511. The molecular formula is C11H12N4O6. The summed E-state index contributed by atoms with van der Waals surface area (Å²) in [6, 6.07) is 0. The predicted molar refractivity (Wildman–Crippen MR) is 66.5 cm³/mol. The van der Waals surface area contributed by atoms with Gasteiger partial charge in [0.05, 0.1) is 12.9 Å². The molecule has 0 unspecified atom stereocenters. The van der Waals surface area contributed by atoms with Gasteiger partial charge in [-0.05, 0) is 0 Å². The Morgan fingerprint density at radius 3 is 2.81 bits per heavy atom. The first-order valence-corrected chi connectivity index (χ1v) is 6.11. The van der Waals surface area contributed by atoms with E-state index < -0.39 is 36.7 Å². The Morgan fingerprint density at radius 2 is 2.19 bits per heavy atom. The van der Waals surface area contributed by atoms with E-state index in [0.717, 1.165) is 0 Å². The van der Waals surface area contributed by atoms with Crippen molar-refractivity contribution in [3.8, 4) is 0 Å². The number of aldehydes is 1. The molecular weight excluding hydrogens is 284 g/mol. The maximum atomic E-state index is 11.7. The second-order valence-electron chi connectivity index (χ2n) is 4.62. The minimum atomic E-state index is -1.33. The molecule has 4 atom stereocenters. The number of nitrogens with zero attached hydrogens (tertiary/aromatic N) is 3. The second kappa shape index (κ2) is 5.00. The van der Waals surface area contributed by atoms with Crippen molar-refractivity contribution < 1.29 is 24.9 Å². The molecule has 0 aromatic carbocycles. The number of H-pyrrole nitrogens is 1. The highest BCUT2D eigenvalue weighted by Crippen LogP contribution is 2.30. The van der Waals surface area contributed by atoms with Crippen molar-refractivity contribution in [1.82, 2.24) is 19.5 Å². The number of nitrogens with one attached hydrogen (secondary N) is 1. The van der Waals surface area contributed by atoms with Gasteiger partial charge < -0.3 is 25.0 Å². The van der Waals surface area contributed by atoms with Crippen molar-refractivity contribution in [1.29, 1.82) is 0 Å². The van der Waals surface area contributed by atoms with Gasteiger partial charge in [0.15, 0.2) is 29.5 Å². The molecule has 3 rings (SSSR count). The highest BCUT2D eigenvalue weighted by Gasteiger charge is 2.44. The largest absolute Gasteiger partial charge is 0.394 e. The molecule has 0 spiro atoms. The van der Waals surface area contributed by atoms with E-state index in [4.69, 9.17) is 9.84 Å². The minimum absolute atomic E-state index is 0.0293. The monoisotopic (exact) mass is 296 g/mol. The molecule has 2 aromatic rings. The summed E-state index contributed by atoms with van der Waals surface area (Å²) in [4.78, 5) is 32.5. The number of hydrogen-bond acceptors (Lipinski definition) is 8. The molecule has 1 aliphatic heterocycles. The van der Waals surface area contributed by atoms with Gasteiger partial charge in [0, 0.05) is 0 Å². The molecule has 0 saturated carbocycles. The van der Waals surface area contributed by atoms with Crippen LogP contribution in [0.5, 0.6) is 0 Å². The first-order chi connectivity index (χ1) is 10.1. The summed E-state index contributed by atoms with van der Waals surface area (Å²) >= 11 is 0. The highest BCUT2D eigenvalue weighted by atomic mass is 16.6. The van der Waals surface area contributed by atoms with Crippen molar-refractivity contribution in [2.24, 2.45) is 0 Å². The summed E-state index contributed by atoms with van der Waals surface area (Å²) in [5.41, 5.74) is -0.596. The summed E-state index contributed by atoms with van der Waals surface area (Å²) in [6.45, 7) is -0.477. The Bertz CT molecular complexity index is 740. The van der Waals surface area contributed by atoms with E-state index >= 15 is 0 Å². The molecule has 0 amide bonds. The van der Waals surface area contributed by atoms with Crippen molar-refractivity contribution >= 4 is 17.5 Å². The number of aliphatic hydroxyl groups is 3. The van der Waals surface area contributed by atoms with Crippen LogP contribution in [0.25, 0.3) is 11.2 Å². The van der Waals surface area contributed by atoms with E-state index in [1.807, 2.05) is 0 Å². The summed E-state index contributed by atoms with van der Waals surface area (Å²) < 4.78 is 6.57. The lowest BCUT2D eigenvalue weighted by atomic mass is 10.1. The SMILES string of the molecule is O=Cc1nc2c(ncn2[C@@H]2O[C@@H](CO)[C@H](O)[C@H]2O)c(=O)[nH]1. The van der Waals surface area contributed by atoms with Crippen LogP contribution in [0.1, 0.15) is 16.8 Å². The molecule has 4 N–H and O–H groups in total. The Balaban J connectivity index is 2.11. The number of carbonyl (C=O) groups excluding carboxylic acids is 1. The van der Waals surface area contributed by atoms with Crippen LogP contribution >= 0.6 is 0 Å². The van der Waals surface area contributed by atoms with Gasteiger partial charge in [0.25, 0.3) is 5.56 Å². The van der Waals surface area contributed by atoms with Gasteiger partial charge in [-0.15, -0.1) is 0 Å². The van der Waals surface area contributed by atoms with Crippen molar-refractivity contribution in [3.63, 3.8) is 0 Å². The minimum Gasteiger partial charge on any atom is -0.394 e. The van der Waals surface area contributed by atoms with Crippen LogP contribution in [0.15, 0.2) is 11.1 Å². The first kappa shape index (κ1) is 13.8. The van der Waals surface area contributed by atoms with Gasteiger partial charge in [0.2, 0.25) is 0 Å². The Hall–Kier alpha value is -2.14. The van der Waals surface area contributed by atoms with Crippen LogP contribution in [0.4, 0.5) is 0 Å². The van der Waals surface area contributed by atoms with Crippen LogP contribution < -0.4 is 5.56 Å². The summed E-state index contributed by atoms with van der Waals surface area (Å²) in [7, 11) is 0. The molecule has 0 aliphatic carbocycles. The fourth-order valence-corrected chi connectivity index (χ4v) is 2.29. The first-order valence-electron chi connectivity index (χ1n) is 6.11. The van der Waals surface area contributed by atoms with Gasteiger partial charge in [-0.25, -0.2) is 9.97 Å². The number of imidazole rings is 1. The number of aliphatic hydroxyl groups excluding tert-OH is 3.